The first-order valence-corrected chi connectivity index (χ1v) is 8.32. The Labute approximate surface area is 135 Å². The fraction of sp³-hybridized carbons (Fsp3) is 0.750. The first-order valence-electron chi connectivity index (χ1n) is 8.32. The molecule has 7 heteroatoms. The molecule has 1 aromatic heterocycles. The molecule has 0 radical (unpaired) electrons. The van der Waals surface area contributed by atoms with Gasteiger partial charge in [-0.3, -0.25) is 9.59 Å². The largest absolute Gasteiger partial charge is 0.481 e. The maximum Gasteiger partial charge on any atom is 0.307 e. The van der Waals surface area contributed by atoms with Crippen LogP contribution < -0.4 is 0 Å². The van der Waals surface area contributed by atoms with Crippen LogP contribution in [0.3, 0.4) is 0 Å². The molecule has 1 aliphatic heterocycles. The first kappa shape index (κ1) is 16.0. The van der Waals surface area contributed by atoms with Crippen LogP contribution in [0.25, 0.3) is 0 Å². The van der Waals surface area contributed by atoms with E-state index >= 15 is 0 Å². The molecule has 0 aromatic carbocycles. The number of piperidine rings is 1. The highest BCUT2D eigenvalue weighted by molar-refractivity contribution is 5.86. The molecule has 2 heterocycles. The van der Waals surface area contributed by atoms with E-state index in [1.54, 1.807) is 4.90 Å². The molecule has 7 nitrogen and oxygen atoms in total. The number of nitrogens with zero attached hydrogens (tertiary/aromatic N) is 3. The van der Waals surface area contributed by atoms with Crippen LogP contribution in [0.1, 0.15) is 63.1 Å². The molecule has 2 fully saturated rings. The Morgan fingerprint density at radius 3 is 2.57 bits per heavy atom. The fourth-order valence-corrected chi connectivity index (χ4v) is 3.36. The molecule has 0 bridgehead atoms. The van der Waals surface area contributed by atoms with E-state index in [4.69, 9.17) is 9.63 Å². The molecule has 1 aromatic rings. The van der Waals surface area contributed by atoms with Gasteiger partial charge in [0.2, 0.25) is 11.8 Å². The number of aliphatic carboxylic acids is 1. The van der Waals surface area contributed by atoms with Crippen molar-refractivity contribution in [2.75, 3.05) is 13.1 Å². The van der Waals surface area contributed by atoms with Gasteiger partial charge >= 0.3 is 5.97 Å². The van der Waals surface area contributed by atoms with E-state index in [1.807, 2.05) is 13.8 Å². The number of aromatic nitrogens is 2. The van der Waals surface area contributed by atoms with Gasteiger partial charge in [0.1, 0.15) is 0 Å². The highest BCUT2D eigenvalue weighted by Gasteiger charge is 2.44. The lowest BCUT2D eigenvalue weighted by atomic mass is 9.72. The van der Waals surface area contributed by atoms with Crippen molar-refractivity contribution in [3.8, 4) is 0 Å². The Bertz CT molecular complexity index is 598. The third-order valence-corrected chi connectivity index (χ3v) is 4.96. The van der Waals surface area contributed by atoms with Crippen molar-refractivity contribution < 1.29 is 19.2 Å². The normalized spacial score (nSPS) is 27.8. The Balaban J connectivity index is 1.66. The van der Waals surface area contributed by atoms with Crippen LogP contribution in [0.5, 0.6) is 0 Å². The number of hydrogen-bond donors (Lipinski definition) is 1. The van der Waals surface area contributed by atoms with Gasteiger partial charge in [0.15, 0.2) is 5.82 Å². The second-order valence-electron chi connectivity index (χ2n) is 6.90. The van der Waals surface area contributed by atoms with Gasteiger partial charge in [-0.2, -0.15) is 4.98 Å². The summed E-state index contributed by atoms with van der Waals surface area (Å²) in [5.74, 6) is -0.216. The molecule has 1 saturated carbocycles. The van der Waals surface area contributed by atoms with Crippen LogP contribution in [-0.4, -0.2) is 45.1 Å². The van der Waals surface area contributed by atoms with Crippen LogP contribution in [0, 0.1) is 11.8 Å². The Kier molecular flexibility index (Phi) is 4.37. The molecule has 3 rings (SSSR count). The zero-order valence-corrected chi connectivity index (χ0v) is 13.6. The summed E-state index contributed by atoms with van der Waals surface area (Å²) in [5, 5.41) is 13.2. The summed E-state index contributed by atoms with van der Waals surface area (Å²) in [7, 11) is 0. The number of rotatable bonds is 4. The van der Waals surface area contributed by atoms with Crippen molar-refractivity contribution in [1.29, 1.82) is 0 Å². The third-order valence-electron chi connectivity index (χ3n) is 4.96. The predicted octanol–water partition coefficient (Wildman–Crippen LogP) is 2.01. The monoisotopic (exact) mass is 321 g/mol. The van der Waals surface area contributed by atoms with Gasteiger partial charge in [0, 0.05) is 24.9 Å². The Morgan fingerprint density at radius 1 is 1.26 bits per heavy atom. The van der Waals surface area contributed by atoms with Crippen molar-refractivity contribution in [2.24, 2.45) is 11.8 Å². The molecular formula is C16H23N3O4. The van der Waals surface area contributed by atoms with Gasteiger partial charge in [0.05, 0.1) is 11.8 Å². The summed E-state index contributed by atoms with van der Waals surface area (Å²) < 4.78 is 5.26. The predicted molar refractivity (Wildman–Crippen MR) is 80.8 cm³/mol. The van der Waals surface area contributed by atoms with Gasteiger partial charge in [0.25, 0.3) is 0 Å². The van der Waals surface area contributed by atoms with Crippen molar-refractivity contribution in [2.45, 2.75) is 51.4 Å². The number of hydrogen-bond acceptors (Lipinski definition) is 5. The summed E-state index contributed by atoms with van der Waals surface area (Å²) in [6.45, 7) is 5.24. The summed E-state index contributed by atoms with van der Waals surface area (Å²) in [4.78, 5) is 29.9. The van der Waals surface area contributed by atoms with E-state index in [1.165, 1.54) is 0 Å². The van der Waals surface area contributed by atoms with Gasteiger partial charge in [-0.1, -0.05) is 19.0 Å². The molecule has 23 heavy (non-hydrogen) atoms. The van der Waals surface area contributed by atoms with E-state index < -0.39 is 11.9 Å². The van der Waals surface area contributed by atoms with E-state index in [2.05, 4.69) is 10.1 Å². The van der Waals surface area contributed by atoms with Crippen LogP contribution in [-0.2, 0) is 9.59 Å². The number of amides is 1. The van der Waals surface area contributed by atoms with Crippen molar-refractivity contribution in [3.05, 3.63) is 11.7 Å². The summed E-state index contributed by atoms with van der Waals surface area (Å²) in [5.41, 5.74) is 0. The van der Waals surface area contributed by atoms with Crippen LogP contribution in [0.15, 0.2) is 4.52 Å². The zero-order valence-electron chi connectivity index (χ0n) is 13.6. The number of likely N-dealkylation sites (tertiary alicyclic amines) is 1. The van der Waals surface area contributed by atoms with Crippen LogP contribution >= 0.6 is 0 Å². The molecule has 3 unspecified atom stereocenters. The maximum absolute atomic E-state index is 12.6. The maximum atomic E-state index is 12.6. The number of carboxylic acid groups (broad SMARTS) is 1. The lowest BCUT2D eigenvalue weighted by Crippen LogP contribution is -2.49. The lowest BCUT2D eigenvalue weighted by molar-refractivity contribution is -0.157. The second-order valence-corrected chi connectivity index (χ2v) is 6.90. The molecule has 1 saturated heterocycles. The van der Waals surface area contributed by atoms with Crippen LogP contribution in [0.2, 0.25) is 0 Å². The summed E-state index contributed by atoms with van der Waals surface area (Å²) in [6.07, 6.45) is 3.09. The standard InChI is InChI=1S/C16H23N3O4/c1-9(2)14-17-13(18-23-14)10-4-3-7-19(8-10)15(20)11-5-6-12(11)16(21)22/h9-12H,3-8H2,1-2H3,(H,21,22). The van der Waals surface area contributed by atoms with Crippen molar-refractivity contribution in [1.82, 2.24) is 15.0 Å². The Hall–Kier alpha value is -1.92. The average molecular weight is 321 g/mol. The highest BCUT2D eigenvalue weighted by atomic mass is 16.5. The molecule has 3 atom stereocenters. The minimum atomic E-state index is -0.858. The number of carbonyl (C=O) groups excluding carboxylic acids is 1. The smallest absolute Gasteiger partial charge is 0.307 e. The zero-order chi connectivity index (χ0) is 16.6. The average Bonchev–Trinajstić information content (AvgIpc) is 2.95. The third kappa shape index (κ3) is 3.09. The summed E-state index contributed by atoms with van der Waals surface area (Å²) >= 11 is 0. The lowest BCUT2D eigenvalue weighted by Gasteiger charge is -2.39. The number of carbonyl (C=O) groups is 2. The van der Waals surface area contributed by atoms with E-state index in [0.717, 1.165) is 12.8 Å². The van der Waals surface area contributed by atoms with Crippen molar-refractivity contribution >= 4 is 11.9 Å². The molecule has 2 aliphatic rings. The molecule has 0 spiro atoms. The minimum absolute atomic E-state index is 0.0269. The second kappa shape index (κ2) is 6.29. The van der Waals surface area contributed by atoms with Gasteiger partial charge < -0.3 is 14.5 Å². The van der Waals surface area contributed by atoms with Gasteiger partial charge in [-0.15, -0.1) is 0 Å². The van der Waals surface area contributed by atoms with Crippen LogP contribution in [0.4, 0.5) is 0 Å². The first-order chi connectivity index (χ1) is 11.0. The SMILES string of the molecule is CC(C)c1nc(C2CCCN(C(=O)C3CCC3C(=O)O)C2)no1. The molecule has 1 aliphatic carbocycles. The quantitative estimate of drug-likeness (QED) is 0.911. The van der Waals surface area contributed by atoms with E-state index in [9.17, 15) is 9.59 Å². The summed E-state index contributed by atoms with van der Waals surface area (Å²) in [6, 6.07) is 0. The van der Waals surface area contributed by atoms with E-state index in [0.29, 0.717) is 37.6 Å². The molecule has 1 amide bonds. The number of carboxylic acids is 1. The van der Waals surface area contributed by atoms with Crippen molar-refractivity contribution in [3.63, 3.8) is 0 Å². The topological polar surface area (TPSA) is 96.5 Å². The Morgan fingerprint density at radius 2 is 2.00 bits per heavy atom. The molecule has 1 N–H and O–H groups in total. The minimum Gasteiger partial charge on any atom is -0.481 e. The highest BCUT2D eigenvalue weighted by Crippen LogP contribution is 2.37. The van der Waals surface area contributed by atoms with Gasteiger partial charge in [-0.25, -0.2) is 0 Å². The molecule has 126 valence electrons. The van der Waals surface area contributed by atoms with Gasteiger partial charge in [-0.05, 0) is 25.7 Å². The molecular weight excluding hydrogens is 298 g/mol. The van der Waals surface area contributed by atoms with E-state index in [-0.39, 0.29) is 23.7 Å². The fourth-order valence-electron chi connectivity index (χ4n) is 3.36.